The van der Waals surface area contributed by atoms with E-state index >= 15 is 0 Å². The Kier molecular flexibility index (Phi) is 72.8. The normalized spacial score (nSPS) is 2.60. The Hall–Kier alpha value is 0.804. The number of allylic oxidation sites excluding steroid dienone is 1. The van der Waals surface area contributed by atoms with Crippen molar-refractivity contribution in [1.29, 1.82) is 0 Å². The van der Waals surface area contributed by atoms with Crippen LogP contribution in [0.25, 0.3) is 6.15 Å². The van der Waals surface area contributed by atoms with E-state index in [4.69, 9.17) is 0 Å². The predicted molar refractivity (Wildman–Crippen MR) is 19.8 cm³/mol. The molecule has 0 saturated carbocycles. The molecule has 1 radical (unpaired) electrons. The summed E-state index contributed by atoms with van der Waals surface area (Å²) in [7, 11) is 0. The molecule has 0 aliphatic heterocycles. The summed E-state index contributed by atoms with van der Waals surface area (Å²) in [5, 5.41) is 0. The van der Waals surface area contributed by atoms with Gasteiger partial charge in [0.25, 0.3) is 0 Å². The van der Waals surface area contributed by atoms with Crippen molar-refractivity contribution in [3.05, 3.63) is 18.8 Å². The molecule has 2 N–H and O–H groups in total. The molecule has 0 aromatic carbocycles. The first-order chi connectivity index (χ1) is 1.41. The third kappa shape index (κ3) is 58.4. The minimum atomic E-state index is 0. The molecule has 0 aliphatic rings. The Labute approximate surface area is 58.3 Å². The fourth-order valence-electron chi connectivity index (χ4n) is 0. The Balaban J connectivity index is -0.0000000200. The molecule has 0 fully saturated rings. The SMILES string of the molecule is C=[C-]C.[NH2-].[Y]. The molecule has 0 amide bonds. The smallest absolute Gasteiger partial charge is 0 e. The topological polar surface area (TPSA) is 33.5 Å². The molecule has 0 atom stereocenters. The Bertz CT molecular complexity index is 14.4. The summed E-state index contributed by atoms with van der Waals surface area (Å²) in [6, 6.07) is 0. The number of rotatable bonds is 0. The number of hydrogen-bond acceptors (Lipinski definition) is 0. The first-order valence-corrected chi connectivity index (χ1v) is 0.854. The van der Waals surface area contributed by atoms with E-state index in [1.165, 1.54) is 0 Å². The molecular formula is C3H7NY-2. The van der Waals surface area contributed by atoms with Gasteiger partial charge in [0.1, 0.15) is 0 Å². The van der Waals surface area contributed by atoms with Gasteiger partial charge in [0.15, 0.2) is 0 Å². The van der Waals surface area contributed by atoms with E-state index in [1.807, 2.05) is 0 Å². The Morgan fingerprint density at radius 3 is 1.60 bits per heavy atom. The van der Waals surface area contributed by atoms with Crippen LogP contribution in [0.2, 0.25) is 0 Å². The molecule has 0 spiro atoms. The van der Waals surface area contributed by atoms with Crippen LogP contribution in [-0.4, -0.2) is 0 Å². The third-order valence-corrected chi connectivity index (χ3v) is 0. The zero-order chi connectivity index (χ0) is 2.71. The van der Waals surface area contributed by atoms with E-state index in [1.54, 1.807) is 6.92 Å². The fraction of sp³-hybridized carbons (Fsp3) is 0.333. The van der Waals surface area contributed by atoms with Crippen molar-refractivity contribution in [2.24, 2.45) is 0 Å². The van der Waals surface area contributed by atoms with Gasteiger partial charge >= 0.3 is 0 Å². The molecule has 2 heteroatoms. The maximum Gasteiger partial charge on any atom is 0 e. The van der Waals surface area contributed by atoms with E-state index in [0.29, 0.717) is 0 Å². The number of hydrogen-bond donors (Lipinski definition) is 0. The van der Waals surface area contributed by atoms with Crippen LogP contribution in [0.3, 0.4) is 0 Å². The summed E-state index contributed by atoms with van der Waals surface area (Å²) in [4.78, 5) is 0. The van der Waals surface area contributed by atoms with Crippen LogP contribution in [0.4, 0.5) is 0 Å². The second-order valence-corrected chi connectivity index (χ2v) is 0.354. The van der Waals surface area contributed by atoms with Crippen molar-refractivity contribution in [1.82, 2.24) is 0 Å². The van der Waals surface area contributed by atoms with E-state index in [0.717, 1.165) is 0 Å². The summed E-state index contributed by atoms with van der Waals surface area (Å²) in [6.07, 6.45) is 2.50. The van der Waals surface area contributed by atoms with Crippen molar-refractivity contribution in [3.63, 3.8) is 0 Å². The van der Waals surface area contributed by atoms with Crippen LogP contribution in [0.1, 0.15) is 6.92 Å². The minimum absolute atomic E-state index is 0. The maximum atomic E-state index is 3.24. The summed E-state index contributed by atoms with van der Waals surface area (Å²) in [5.41, 5.74) is 0. The molecule has 0 heterocycles. The van der Waals surface area contributed by atoms with Gasteiger partial charge in [0.2, 0.25) is 0 Å². The summed E-state index contributed by atoms with van der Waals surface area (Å²) >= 11 is 0. The van der Waals surface area contributed by atoms with Gasteiger partial charge in [0.05, 0.1) is 0 Å². The molecule has 5 heavy (non-hydrogen) atoms. The molecule has 1 nitrogen and oxygen atoms in total. The van der Waals surface area contributed by atoms with Gasteiger partial charge in [-0.3, -0.25) is 6.58 Å². The maximum absolute atomic E-state index is 3.24. The Morgan fingerprint density at radius 1 is 1.60 bits per heavy atom. The first-order valence-electron chi connectivity index (χ1n) is 0.854. The van der Waals surface area contributed by atoms with Gasteiger partial charge in [-0.1, -0.05) is 0 Å². The van der Waals surface area contributed by atoms with E-state index in [-0.39, 0.29) is 38.9 Å². The summed E-state index contributed by atoms with van der Waals surface area (Å²) < 4.78 is 0. The zero-order valence-electron chi connectivity index (χ0n) is 3.36. The monoisotopic (exact) mass is 146 g/mol. The molecule has 0 aromatic heterocycles. The zero-order valence-corrected chi connectivity index (χ0v) is 6.20. The second-order valence-electron chi connectivity index (χ2n) is 0.354. The van der Waals surface area contributed by atoms with E-state index in [2.05, 4.69) is 12.7 Å². The van der Waals surface area contributed by atoms with Crippen LogP contribution in [0, 0.1) is 6.08 Å². The largest absolute Gasteiger partial charge is 0.693 e. The molecule has 0 bridgehead atoms. The van der Waals surface area contributed by atoms with E-state index < -0.39 is 0 Å². The predicted octanol–water partition coefficient (Wildman–Crippen LogP) is 1.71. The van der Waals surface area contributed by atoms with Crippen LogP contribution >= 0.6 is 0 Å². The average molecular weight is 146 g/mol. The van der Waals surface area contributed by atoms with Crippen molar-refractivity contribution in [2.75, 3.05) is 0 Å². The second kappa shape index (κ2) is 21.4. The molecular weight excluding hydrogens is 139 g/mol. The van der Waals surface area contributed by atoms with Gasteiger partial charge in [0, 0.05) is 32.7 Å². The summed E-state index contributed by atoms with van der Waals surface area (Å²) in [6.45, 7) is 5.00. The third-order valence-electron chi connectivity index (χ3n) is 0. The molecule has 0 aromatic rings. The standard InChI is InChI=1S/C3H5.H2N.Y/c1-3-2;;/h1H2,2H3;1H2;/q2*-1;. The van der Waals surface area contributed by atoms with Crippen LogP contribution in [-0.2, 0) is 32.7 Å². The van der Waals surface area contributed by atoms with Crippen LogP contribution in [0.15, 0.2) is 6.58 Å². The van der Waals surface area contributed by atoms with E-state index in [9.17, 15) is 0 Å². The average Bonchev–Trinajstić information content (AvgIpc) is 0.918. The van der Waals surface area contributed by atoms with Crippen LogP contribution < -0.4 is 0 Å². The fourth-order valence-corrected chi connectivity index (χ4v) is 0. The number of nitrogens with two attached hydrogens (primary N) is 1. The molecule has 0 rings (SSSR count). The van der Waals surface area contributed by atoms with Gasteiger partial charge in [-0.2, -0.15) is 6.92 Å². The quantitative estimate of drug-likeness (QED) is 0.466. The molecule has 0 aliphatic carbocycles. The van der Waals surface area contributed by atoms with Gasteiger partial charge in [-0.15, -0.1) is 0 Å². The first kappa shape index (κ1) is 17.0. The van der Waals surface area contributed by atoms with Crippen molar-refractivity contribution < 1.29 is 32.7 Å². The van der Waals surface area contributed by atoms with Gasteiger partial charge in [-0.05, 0) is 0 Å². The van der Waals surface area contributed by atoms with Crippen LogP contribution in [0.5, 0.6) is 0 Å². The van der Waals surface area contributed by atoms with Crippen molar-refractivity contribution >= 4 is 0 Å². The van der Waals surface area contributed by atoms with Gasteiger partial charge < -0.3 is 12.2 Å². The molecule has 29 valence electrons. The Morgan fingerprint density at radius 2 is 1.60 bits per heavy atom. The molecule has 0 saturated heterocycles. The van der Waals surface area contributed by atoms with Crippen molar-refractivity contribution in [2.45, 2.75) is 6.92 Å². The minimum Gasteiger partial charge on any atom is -0.693 e. The molecule has 0 unspecified atom stereocenters. The van der Waals surface area contributed by atoms with Gasteiger partial charge in [-0.25, -0.2) is 0 Å². The summed E-state index contributed by atoms with van der Waals surface area (Å²) in [5.74, 6) is 0. The van der Waals surface area contributed by atoms with Crippen molar-refractivity contribution in [3.8, 4) is 0 Å².